The molecule has 0 spiro atoms. The van der Waals surface area contributed by atoms with Crippen LogP contribution in [0.2, 0.25) is 0 Å². The van der Waals surface area contributed by atoms with Gasteiger partial charge in [-0.2, -0.15) is 13.2 Å². The van der Waals surface area contributed by atoms with Crippen LogP contribution in [0.5, 0.6) is 0 Å². The van der Waals surface area contributed by atoms with E-state index in [1.807, 2.05) is 7.05 Å². The van der Waals surface area contributed by atoms with Crippen molar-refractivity contribution in [1.82, 2.24) is 10.2 Å². The molecule has 0 bridgehead atoms. The molecule has 0 aromatic heterocycles. The van der Waals surface area contributed by atoms with Crippen molar-refractivity contribution in [3.05, 3.63) is 0 Å². The summed E-state index contributed by atoms with van der Waals surface area (Å²) in [6.45, 7) is 2.38. The first-order chi connectivity index (χ1) is 7.37. The maximum absolute atomic E-state index is 11.8. The Hall–Kier alpha value is -0.780. The Morgan fingerprint density at radius 1 is 1.50 bits per heavy atom. The van der Waals surface area contributed by atoms with Crippen molar-refractivity contribution < 1.29 is 18.0 Å². The second-order valence-corrected chi connectivity index (χ2v) is 4.34. The highest BCUT2D eigenvalue weighted by atomic mass is 19.4. The average Bonchev–Trinajstić information content (AvgIpc) is 2.57. The van der Waals surface area contributed by atoms with E-state index in [0.29, 0.717) is 12.5 Å². The SMILES string of the molecule is CN1CCC(CNC(=O)CCC(F)(F)F)C1. The summed E-state index contributed by atoms with van der Waals surface area (Å²) in [5, 5.41) is 2.55. The summed E-state index contributed by atoms with van der Waals surface area (Å²) in [6, 6.07) is 0. The lowest BCUT2D eigenvalue weighted by Crippen LogP contribution is -2.31. The van der Waals surface area contributed by atoms with E-state index >= 15 is 0 Å². The molecule has 1 amide bonds. The van der Waals surface area contributed by atoms with Gasteiger partial charge in [0.25, 0.3) is 0 Å². The zero-order valence-corrected chi connectivity index (χ0v) is 9.31. The van der Waals surface area contributed by atoms with Crippen molar-refractivity contribution in [2.75, 3.05) is 26.7 Å². The highest BCUT2D eigenvalue weighted by Gasteiger charge is 2.28. The van der Waals surface area contributed by atoms with Crippen LogP contribution < -0.4 is 5.32 Å². The van der Waals surface area contributed by atoms with Crippen molar-refractivity contribution in [2.24, 2.45) is 5.92 Å². The number of carbonyl (C=O) groups excluding carboxylic acids is 1. The first-order valence-corrected chi connectivity index (χ1v) is 5.39. The molecule has 6 heteroatoms. The molecule has 1 rings (SSSR count). The number of nitrogens with one attached hydrogen (secondary N) is 1. The first kappa shape index (κ1) is 13.3. The second kappa shape index (κ2) is 5.52. The van der Waals surface area contributed by atoms with E-state index < -0.39 is 24.9 Å². The van der Waals surface area contributed by atoms with Gasteiger partial charge in [0.15, 0.2) is 0 Å². The van der Waals surface area contributed by atoms with Gasteiger partial charge in [0.1, 0.15) is 0 Å². The summed E-state index contributed by atoms with van der Waals surface area (Å²) in [4.78, 5) is 13.2. The van der Waals surface area contributed by atoms with Gasteiger partial charge in [-0.15, -0.1) is 0 Å². The summed E-state index contributed by atoms with van der Waals surface area (Å²) in [7, 11) is 1.99. The Balaban J connectivity index is 2.11. The van der Waals surface area contributed by atoms with Gasteiger partial charge in [0, 0.05) is 19.5 Å². The molecular formula is C10H17F3N2O. The van der Waals surface area contributed by atoms with Crippen LogP contribution in [0.15, 0.2) is 0 Å². The van der Waals surface area contributed by atoms with Crippen molar-refractivity contribution in [3.8, 4) is 0 Å². The monoisotopic (exact) mass is 238 g/mol. The summed E-state index contributed by atoms with van der Waals surface area (Å²) in [6.07, 6.45) is -4.75. The Bertz CT molecular complexity index is 243. The van der Waals surface area contributed by atoms with Gasteiger partial charge in [0.2, 0.25) is 5.91 Å². The van der Waals surface area contributed by atoms with Crippen LogP contribution in [0, 0.1) is 5.92 Å². The van der Waals surface area contributed by atoms with Crippen LogP contribution in [0.4, 0.5) is 13.2 Å². The van der Waals surface area contributed by atoms with E-state index in [2.05, 4.69) is 10.2 Å². The number of halogens is 3. The van der Waals surface area contributed by atoms with Crippen molar-refractivity contribution in [2.45, 2.75) is 25.4 Å². The molecule has 1 fully saturated rings. The lowest BCUT2D eigenvalue weighted by atomic mass is 10.1. The summed E-state index contributed by atoms with van der Waals surface area (Å²) < 4.78 is 35.5. The van der Waals surface area contributed by atoms with E-state index in [9.17, 15) is 18.0 Å². The van der Waals surface area contributed by atoms with Gasteiger partial charge in [0.05, 0.1) is 6.42 Å². The number of likely N-dealkylation sites (tertiary alicyclic amines) is 1. The lowest BCUT2D eigenvalue weighted by Gasteiger charge is -2.12. The number of nitrogens with zero attached hydrogens (tertiary/aromatic N) is 1. The normalized spacial score (nSPS) is 22.4. The third kappa shape index (κ3) is 5.34. The molecule has 94 valence electrons. The molecule has 1 atom stereocenters. The van der Waals surface area contributed by atoms with Gasteiger partial charge in [-0.05, 0) is 25.9 Å². The van der Waals surface area contributed by atoms with Crippen LogP contribution in [0.3, 0.4) is 0 Å². The maximum Gasteiger partial charge on any atom is 0.389 e. The number of alkyl halides is 3. The van der Waals surface area contributed by atoms with Crippen molar-refractivity contribution in [1.29, 1.82) is 0 Å². The topological polar surface area (TPSA) is 32.3 Å². The third-order valence-electron chi connectivity index (χ3n) is 2.71. The van der Waals surface area contributed by atoms with Crippen LogP contribution >= 0.6 is 0 Å². The predicted molar refractivity (Wildman–Crippen MR) is 53.9 cm³/mol. The van der Waals surface area contributed by atoms with Crippen LogP contribution in [0.1, 0.15) is 19.3 Å². The molecule has 0 radical (unpaired) electrons. The van der Waals surface area contributed by atoms with E-state index in [-0.39, 0.29) is 0 Å². The van der Waals surface area contributed by atoms with E-state index in [1.165, 1.54) is 0 Å². The predicted octanol–water partition coefficient (Wildman–Crippen LogP) is 1.40. The number of carbonyl (C=O) groups is 1. The Labute approximate surface area is 93.0 Å². The molecule has 3 nitrogen and oxygen atoms in total. The molecule has 1 N–H and O–H groups in total. The molecule has 1 aliphatic heterocycles. The van der Waals surface area contributed by atoms with Crippen molar-refractivity contribution >= 4 is 5.91 Å². The fourth-order valence-corrected chi connectivity index (χ4v) is 1.79. The van der Waals surface area contributed by atoms with Crippen LogP contribution in [-0.2, 0) is 4.79 Å². The minimum atomic E-state index is -4.25. The quantitative estimate of drug-likeness (QED) is 0.803. The minimum Gasteiger partial charge on any atom is -0.356 e. The number of amides is 1. The minimum absolute atomic E-state index is 0.375. The van der Waals surface area contributed by atoms with Gasteiger partial charge in [-0.25, -0.2) is 0 Å². The van der Waals surface area contributed by atoms with Crippen LogP contribution in [-0.4, -0.2) is 43.7 Å². The zero-order chi connectivity index (χ0) is 12.2. The first-order valence-electron chi connectivity index (χ1n) is 5.39. The number of hydrogen-bond donors (Lipinski definition) is 1. The number of rotatable bonds is 4. The van der Waals surface area contributed by atoms with Crippen LogP contribution in [0.25, 0.3) is 0 Å². The second-order valence-electron chi connectivity index (χ2n) is 4.34. The largest absolute Gasteiger partial charge is 0.389 e. The average molecular weight is 238 g/mol. The van der Waals surface area contributed by atoms with E-state index in [1.54, 1.807) is 0 Å². The summed E-state index contributed by atoms with van der Waals surface area (Å²) >= 11 is 0. The number of hydrogen-bond acceptors (Lipinski definition) is 2. The smallest absolute Gasteiger partial charge is 0.356 e. The fourth-order valence-electron chi connectivity index (χ4n) is 1.79. The Morgan fingerprint density at radius 2 is 2.19 bits per heavy atom. The van der Waals surface area contributed by atoms with Gasteiger partial charge < -0.3 is 10.2 Å². The molecule has 1 saturated heterocycles. The van der Waals surface area contributed by atoms with E-state index in [0.717, 1.165) is 19.5 Å². The molecule has 0 aromatic rings. The molecule has 0 saturated carbocycles. The van der Waals surface area contributed by atoms with Gasteiger partial charge in [-0.1, -0.05) is 0 Å². The molecule has 0 aliphatic carbocycles. The highest BCUT2D eigenvalue weighted by molar-refractivity contribution is 5.75. The Kier molecular flexibility index (Phi) is 4.58. The molecule has 16 heavy (non-hydrogen) atoms. The fraction of sp³-hybridized carbons (Fsp3) is 0.900. The summed E-state index contributed by atoms with van der Waals surface area (Å²) in [5.74, 6) is -0.133. The molecular weight excluding hydrogens is 221 g/mol. The van der Waals surface area contributed by atoms with Gasteiger partial charge >= 0.3 is 6.18 Å². The standard InChI is InChI=1S/C10H17F3N2O/c1-15-5-3-8(7-15)6-14-9(16)2-4-10(11,12)13/h8H,2-7H2,1H3,(H,14,16). The van der Waals surface area contributed by atoms with E-state index in [4.69, 9.17) is 0 Å². The zero-order valence-electron chi connectivity index (χ0n) is 9.31. The molecule has 1 unspecified atom stereocenters. The summed E-state index contributed by atoms with van der Waals surface area (Å²) in [5.41, 5.74) is 0. The molecule has 1 heterocycles. The van der Waals surface area contributed by atoms with Gasteiger partial charge in [-0.3, -0.25) is 4.79 Å². The molecule has 0 aromatic carbocycles. The molecule has 1 aliphatic rings. The maximum atomic E-state index is 11.8. The Morgan fingerprint density at radius 3 is 2.69 bits per heavy atom. The highest BCUT2D eigenvalue weighted by Crippen LogP contribution is 2.21. The third-order valence-corrected chi connectivity index (χ3v) is 2.71. The van der Waals surface area contributed by atoms with Crippen molar-refractivity contribution in [3.63, 3.8) is 0 Å². The lowest BCUT2D eigenvalue weighted by molar-refractivity contribution is -0.144.